The minimum absolute atomic E-state index is 0.236. The number of amidine groups is 1. The molecule has 27 heavy (non-hydrogen) atoms. The van der Waals surface area contributed by atoms with Gasteiger partial charge in [-0.05, 0) is 60.7 Å². The van der Waals surface area contributed by atoms with Gasteiger partial charge in [0.2, 0.25) is 0 Å². The van der Waals surface area contributed by atoms with Gasteiger partial charge in [0.1, 0.15) is 28.9 Å². The summed E-state index contributed by atoms with van der Waals surface area (Å²) in [5.41, 5.74) is 1.50. The van der Waals surface area contributed by atoms with Gasteiger partial charge in [-0.15, -0.1) is 0 Å². The Bertz CT molecular complexity index is 1020. The van der Waals surface area contributed by atoms with Gasteiger partial charge in [-0.2, -0.15) is 0 Å². The van der Waals surface area contributed by atoms with Crippen LogP contribution in [0.2, 0.25) is 0 Å². The summed E-state index contributed by atoms with van der Waals surface area (Å²) in [6.45, 7) is 0. The Morgan fingerprint density at radius 2 is 1.81 bits per heavy atom. The summed E-state index contributed by atoms with van der Waals surface area (Å²) >= 11 is 0. The first kappa shape index (κ1) is 16.8. The summed E-state index contributed by atoms with van der Waals surface area (Å²) in [7, 11) is 1.58. The Hall–Kier alpha value is -3.67. The first-order valence-corrected chi connectivity index (χ1v) is 8.24. The number of benzene rings is 2. The number of carbonyl (C=O) groups is 1. The molecule has 0 spiro atoms. The molecule has 0 bridgehead atoms. The summed E-state index contributed by atoms with van der Waals surface area (Å²) in [5, 5.41) is 0. The van der Waals surface area contributed by atoms with E-state index in [0.29, 0.717) is 28.6 Å². The van der Waals surface area contributed by atoms with E-state index in [4.69, 9.17) is 9.15 Å². The highest BCUT2D eigenvalue weighted by molar-refractivity contribution is 6.33. The minimum atomic E-state index is -0.356. The minimum Gasteiger partial charge on any atom is -0.497 e. The van der Waals surface area contributed by atoms with E-state index in [9.17, 15) is 9.18 Å². The number of ether oxygens (including phenoxy) is 1. The van der Waals surface area contributed by atoms with Gasteiger partial charge in [0.15, 0.2) is 0 Å². The number of rotatable bonds is 4. The topological polar surface area (TPSA) is 55.0 Å². The van der Waals surface area contributed by atoms with Crippen LogP contribution in [-0.4, -0.2) is 18.9 Å². The van der Waals surface area contributed by atoms with Gasteiger partial charge < -0.3 is 9.15 Å². The van der Waals surface area contributed by atoms with Crippen LogP contribution >= 0.6 is 0 Å². The maximum atomic E-state index is 13.3. The number of furan rings is 1. The quantitative estimate of drug-likeness (QED) is 0.652. The largest absolute Gasteiger partial charge is 0.497 e. The zero-order chi connectivity index (χ0) is 18.8. The normalized spacial score (nSPS) is 15.3. The SMILES string of the molecule is COc1ccc(N2C(=O)/C(=C\c3ccco3)N=C2c2ccc(F)cc2)cc1. The van der Waals surface area contributed by atoms with Gasteiger partial charge in [-0.3, -0.25) is 9.69 Å². The molecular formula is C21H15FN2O3. The van der Waals surface area contributed by atoms with Crippen LogP contribution in [0.4, 0.5) is 10.1 Å². The van der Waals surface area contributed by atoms with Crippen molar-refractivity contribution in [1.82, 2.24) is 0 Å². The van der Waals surface area contributed by atoms with Gasteiger partial charge in [0.25, 0.3) is 5.91 Å². The summed E-state index contributed by atoms with van der Waals surface area (Å²) in [6, 6.07) is 16.4. The molecule has 1 aliphatic heterocycles. The number of hydrogen-bond acceptors (Lipinski definition) is 4. The molecule has 0 fully saturated rings. The lowest BCUT2D eigenvalue weighted by Gasteiger charge is -2.18. The summed E-state index contributed by atoms with van der Waals surface area (Å²) in [5.74, 6) is 0.971. The fraction of sp³-hybridized carbons (Fsp3) is 0.0476. The Kier molecular flexibility index (Phi) is 4.30. The Labute approximate surface area is 155 Å². The zero-order valence-electron chi connectivity index (χ0n) is 14.4. The number of methoxy groups -OCH3 is 1. The molecule has 2 heterocycles. The predicted molar refractivity (Wildman–Crippen MR) is 100 cm³/mol. The first-order chi connectivity index (χ1) is 13.2. The molecule has 2 aromatic carbocycles. The molecule has 0 N–H and O–H groups in total. The van der Waals surface area contributed by atoms with E-state index >= 15 is 0 Å². The second-order valence-electron chi connectivity index (χ2n) is 5.83. The molecule has 1 aliphatic rings. The summed E-state index contributed by atoms with van der Waals surface area (Å²) in [6.07, 6.45) is 3.10. The van der Waals surface area contributed by atoms with Crippen LogP contribution in [0, 0.1) is 5.82 Å². The maximum Gasteiger partial charge on any atom is 0.282 e. The molecule has 1 amide bonds. The Balaban J connectivity index is 1.80. The van der Waals surface area contributed by atoms with Crippen molar-refractivity contribution in [3.05, 3.63) is 89.8 Å². The number of amides is 1. The van der Waals surface area contributed by atoms with E-state index in [-0.39, 0.29) is 17.4 Å². The van der Waals surface area contributed by atoms with Crippen LogP contribution in [0.3, 0.4) is 0 Å². The highest BCUT2D eigenvalue weighted by atomic mass is 19.1. The second-order valence-corrected chi connectivity index (χ2v) is 5.83. The predicted octanol–water partition coefficient (Wildman–Crippen LogP) is 4.26. The van der Waals surface area contributed by atoms with Crippen molar-refractivity contribution < 1.29 is 18.3 Å². The van der Waals surface area contributed by atoms with Gasteiger partial charge in [0, 0.05) is 11.6 Å². The third kappa shape index (κ3) is 3.25. The molecule has 5 nitrogen and oxygen atoms in total. The van der Waals surface area contributed by atoms with E-state index in [0.717, 1.165) is 0 Å². The van der Waals surface area contributed by atoms with Crippen molar-refractivity contribution in [1.29, 1.82) is 0 Å². The van der Waals surface area contributed by atoms with Crippen LogP contribution in [0.25, 0.3) is 6.08 Å². The molecule has 4 rings (SSSR count). The molecule has 0 saturated carbocycles. The monoisotopic (exact) mass is 362 g/mol. The fourth-order valence-electron chi connectivity index (χ4n) is 2.79. The van der Waals surface area contributed by atoms with Crippen molar-refractivity contribution in [2.24, 2.45) is 4.99 Å². The second kappa shape index (κ2) is 6.92. The molecule has 1 aromatic heterocycles. The van der Waals surface area contributed by atoms with Crippen LogP contribution in [0.5, 0.6) is 5.75 Å². The number of anilines is 1. The zero-order valence-corrected chi connectivity index (χ0v) is 14.4. The molecule has 0 radical (unpaired) electrons. The lowest BCUT2D eigenvalue weighted by Crippen LogP contribution is -2.32. The Morgan fingerprint density at radius 1 is 1.07 bits per heavy atom. The van der Waals surface area contributed by atoms with Crippen LogP contribution in [-0.2, 0) is 4.79 Å². The lowest BCUT2D eigenvalue weighted by molar-refractivity contribution is -0.113. The smallest absolute Gasteiger partial charge is 0.282 e. The van der Waals surface area contributed by atoms with Crippen molar-refractivity contribution in [3.8, 4) is 5.75 Å². The molecular weight excluding hydrogens is 347 g/mol. The number of hydrogen-bond donors (Lipinski definition) is 0. The number of aliphatic imine (C=N–C) groups is 1. The molecule has 0 saturated heterocycles. The standard InChI is InChI=1S/C21H15FN2O3/c1-26-17-10-8-16(9-11-17)24-20(14-4-6-15(22)7-5-14)23-19(21(24)25)13-18-3-2-12-27-18/h2-13H,1H3/b19-13+. The average Bonchev–Trinajstić information content (AvgIpc) is 3.31. The number of halogens is 1. The van der Waals surface area contributed by atoms with E-state index in [1.165, 1.54) is 23.3 Å². The van der Waals surface area contributed by atoms with Gasteiger partial charge >= 0.3 is 0 Å². The number of nitrogens with zero attached hydrogens (tertiary/aromatic N) is 2. The molecule has 0 aliphatic carbocycles. The van der Waals surface area contributed by atoms with Crippen LogP contribution in [0.15, 0.2) is 82.0 Å². The van der Waals surface area contributed by atoms with Crippen LogP contribution < -0.4 is 9.64 Å². The van der Waals surface area contributed by atoms with Crippen LogP contribution in [0.1, 0.15) is 11.3 Å². The van der Waals surface area contributed by atoms with Gasteiger partial charge in [-0.25, -0.2) is 9.38 Å². The third-order valence-electron chi connectivity index (χ3n) is 4.12. The van der Waals surface area contributed by atoms with E-state index in [2.05, 4.69) is 4.99 Å². The summed E-state index contributed by atoms with van der Waals surface area (Å²) in [4.78, 5) is 19.0. The highest BCUT2D eigenvalue weighted by Gasteiger charge is 2.32. The van der Waals surface area contributed by atoms with Crippen molar-refractivity contribution >= 4 is 23.5 Å². The third-order valence-corrected chi connectivity index (χ3v) is 4.12. The Morgan fingerprint density at radius 3 is 2.44 bits per heavy atom. The fourth-order valence-corrected chi connectivity index (χ4v) is 2.79. The van der Waals surface area contributed by atoms with E-state index in [1.807, 2.05) is 0 Å². The molecule has 0 atom stereocenters. The first-order valence-electron chi connectivity index (χ1n) is 8.24. The maximum absolute atomic E-state index is 13.3. The summed E-state index contributed by atoms with van der Waals surface area (Å²) < 4.78 is 23.8. The van der Waals surface area contributed by atoms with Gasteiger partial charge in [-0.1, -0.05) is 0 Å². The van der Waals surface area contributed by atoms with E-state index < -0.39 is 0 Å². The lowest BCUT2D eigenvalue weighted by atomic mass is 10.1. The van der Waals surface area contributed by atoms with Gasteiger partial charge in [0.05, 0.1) is 19.1 Å². The van der Waals surface area contributed by atoms with Crippen molar-refractivity contribution in [3.63, 3.8) is 0 Å². The molecule has 6 heteroatoms. The number of carbonyl (C=O) groups excluding carboxylic acids is 1. The molecule has 0 unspecified atom stereocenters. The molecule has 3 aromatic rings. The highest BCUT2D eigenvalue weighted by Crippen LogP contribution is 2.29. The average molecular weight is 362 g/mol. The molecule has 134 valence electrons. The van der Waals surface area contributed by atoms with Crippen molar-refractivity contribution in [2.45, 2.75) is 0 Å². The van der Waals surface area contributed by atoms with E-state index in [1.54, 1.807) is 61.7 Å². The van der Waals surface area contributed by atoms with Crippen molar-refractivity contribution in [2.75, 3.05) is 12.0 Å².